The van der Waals surface area contributed by atoms with Crippen molar-refractivity contribution in [3.63, 3.8) is 0 Å². The van der Waals surface area contributed by atoms with E-state index in [-0.39, 0.29) is 11.9 Å². The molecule has 1 aromatic heterocycles. The Morgan fingerprint density at radius 3 is 2.59 bits per heavy atom. The number of nitrogens with zero attached hydrogens (tertiary/aromatic N) is 5. The molecule has 1 saturated heterocycles. The minimum Gasteiger partial charge on any atom is -0.371 e. The fourth-order valence-corrected chi connectivity index (χ4v) is 3.59. The van der Waals surface area contributed by atoms with E-state index in [1.165, 1.54) is 12.1 Å². The van der Waals surface area contributed by atoms with Gasteiger partial charge in [0.05, 0.1) is 19.3 Å². The first-order valence-corrected chi connectivity index (χ1v) is 10.2. The van der Waals surface area contributed by atoms with Crippen LogP contribution in [0.1, 0.15) is 30.9 Å². The Bertz CT molecular complexity index is 884. The molecule has 0 saturated carbocycles. The first-order valence-electron chi connectivity index (χ1n) is 10.2. The number of aryl methyl sites for hydroxylation is 1. The summed E-state index contributed by atoms with van der Waals surface area (Å²) >= 11 is 0. The van der Waals surface area contributed by atoms with E-state index in [4.69, 9.17) is 4.74 Å². The molecule has 1 aliphatic heterocycles. The molecular weight excluding hydrogens is 369 g/mol. The van der Waals surface area contributed by atoms with Gasteiger partial charge in [0.2, 0.25) is 5.82 Å². The highest BCUT2D eigenvalue weighted by molar-refractivity contribution is 5.52. The van der Waals surface area contributed by atoms with Crippen LogP contribution in [0.5, 0.6) is 0 Å². The van der Waals surface area contributed by atoms with Crippen molar-refractivity contribution in [3.05, 3.63) is 66.0 Å². The van der Waals surface area contributed by atoms with Crippen LogP contribution >= 0.6 is 0 Å². The van der Waals surface area contributed by atoms with E-state index in [0.717, 1.165) is 56.6 Å². The van der Waals surface area contributed by atoms with Crippen molar-refractivity contribution in [2.45, 2.75) is 31.9 Å². The van der Waals surface area contributed by atoms with E-state index < -0.39 is 0 Å². The van der Waals surface area contributed by atoms with E-state index in [2.05, 4.69) is 20.3 Å². The molecule has 0 spiro atoms. The Labute approximate surface area is 170 Å². The Kier molecular flexibility index (Phi) is 6.59. The zero-order valence-corrected chi connectivity index (χ0v) is 16.5. The summed E-state index contributed by atoms with van der Waals surface area (Å²) in [6, 6.07) is 16.5. The molecule has 0 amide bonds. The van der Waals surface area contributed by atoms with Gasteiger partial charge in [0.15, 0.2) is 0 Å². The van der Waals surface area contributed by atoms with Gasteiger partial charge in [-0.1, -0.05) is 48.9 Å². The number of rotatable bonds is 8. The third kappa shape index (κ3) is 5.46. The highest BCUT2D eigenvalue weighted by atomic mass is 19.1. The van der Waals surface area contributed by atoms with Gasteiger partial charge in [-0.15, -0.1) is 10.2 Å². The van der Waals surface area contributed by atoms with Crippen LogP contribution in [0.15, 0.2) is 54.6 Å². The Morgan fingerprint density at radius 2 is 1.76 bits per heavy atom. The highest BCUT2D eigenvalue weighted by Crippen LogP contribution is 2.22. The predicted octanol–water partition coefficient (Wildman–Crippen LogP) is 3.72. The molecule has 4 rings (SSSR count). The molecule has 1 fully saturated rings. The lowest BCUT2D eigenvalue weighted by atomic mass is 10.1. The Morgan fingerprint density at radius 1 is 0.966 bits per heavy atom. The van der Waals surface area contributed by atoms with Crippen LogP contribution in [0.25, 0.3) is 11.4 Å². The van der Waals surface area contributed by atoms with Gasteiger partial charge in [0.1, 0.15) is 5.82 Å². The SMILES string of the molecule is Fc1ccc(C2CN(CCCCCn3nnc(-c4ccccc4)n3)CCO2)cc1. The third-order valence-corrected chi connectivity index (χ3v) is 5.21. The molecule has 3 aromatic rings. The van der Waals surface area contributed by atoms with Crippen molar-refractivity contribution in [2.75, 3.05) is 26.2 Å². The zero-order chi connectivity index (χ0) is 19.9. The van der Waals surface area contributed by atoms with E-state index in [1.807, 2.05) is 42.5 Å². The Hall–Kier alpha value is -2.64. The number of halogens is 1. The normalized spacial score (nSPS) is 17.5. The topological polar surface area (TPSA) is 56.1 Å². The monoisotopic (exact) mass is 395 g/mol. The van der Waals surface area contributed by atoms with Crippen LogP contribution in [0.2, 0.25) is 0 Å². The van der Waals surface area contributed by atoms with Crippen LogP contribution in [0.4, 0.5) is 4.39 Å². The molecule has 152 valence electrons. The summed E-state index contributed by atoms with van der Waals surface area (Å²) < 4.78 is 19.0. The first kappa shape index (κ1) is 19.7. The van der Waals surface area contributed by atoms with Crippen LogP contribution in [0.3, 0.4) is 0 Å². The van der Waals surface area contributed by atoms with Crippen molar-refractivity contribution in [3.8, 4) is 11.4 Å². The van der Waals surface area contributed by atoms with Crippen LogP contribution in [-0.2, 0) is 11.3 Å². The van der Waals surface area contributed by atoms with Crippen LogP contribution < -0.4 is 0 Å². The van der Waals surface area contributed by atoms with Crippen molar-refractivity contribution in [1.29, 1.82) is 0 Å². The second-order valence-corrected chi connectivity index (χ2v) is 7.35. The molecule has 0 aliphatic carbocycles. The third-order valence-electron chi connectivity index (χ3n) is 5.21. The average Bonchev–Trinajstić information content (AvgIpc) is 3.24. The number of aromatic nitrogens is 4. The number of tetrazole rings is 1. The van der Waals surface area contributed by atoms with Gasteiger partial charge in [-0.05, 0) is 42.3 Å². The predicted molar refractivity (Wildman–Crippen MR) is 109 cm³/mol. The minimum atomic E-state index is -0.209. The smallest absolute Gasteiger partial charge is 0.204 e. The van der Waals surface area contributed by atoms with Gasteiger partial charge in [0.25, 0.3) is 0 Å². The van der Waals surface area contributed by atoms with Gasteiger partial charge in [-0.2, -0.15) is 4.80 Å². The maximum atomic E-state index is 13.1. The van der Waals surface area contributed by atoms with Crippen molar-refractivity contribution < 1.29 is 9.13 Å². The summed E-state index contributed by atoms with van der Waals surface area (Å²) in [7, 11) is 0. The molecule has 2 heterocycles. The standard InChI is InChI=1S/C22H26FN5O/c23-20-11-9-18(10-12-20)21-17-27(15-16-29-21)13-5-2-6-14-28-25-22(24-26-28)19-7-3-1-4-8-19/h1,3-4,7-12,21H,2,5-6,13-17H2. The summed E-state index contributed by atoms with van der Waals surface area (Å²) in [6.07, 6.45) is 3.29. The second-order valence-electron chi connectivity index (χ2n) is 7.35. The van der Waals surface area contributed by atoms with Gasteiger partial charge >= 0.3 is 0 Å². The maximum Gasteiger partial charge on any atom is 0.204 e. The molecule has 0 radical (unpaired) electrons. The fraction of sp³-hybridized carbons (Fsp3) is 0.409. The molecule has 7 heteroatoms. The molecular formula is C22H26FN5O. The van der Waals surface area contributed by atoms with E-state index in [0.29, 0.717) is 12.4 Å². The largest absolute Gasteiger partial charge is 0.371 e. The highest BCUT2D eigenvalue weighted by Gasteiger charge is 2.21. The Balaban J connectivity index is 1.17. The van der Waals surface area contributed by atoms with Crippen LogP contribution in [0, 0.1) is 5.82 Å². The lowest BCUT2D eigenvalue weighted by Crippen LogP contribution is -2.38. The molecule has 1 unspecified atom stereocenters. The zero-order valence-electron chi connectivity index (χ0n) is 16.5. The molecule has 2 aromatic carbocycles. The van der Waals surface area contributed by atoms with E-state index in [9.17, 15) is 4.39 Å². The van der Waals surface area contributed by atoms with Crippen molar-refractivity contribution >= 4 is 0 Å². The molecule has 1 atom stereocenters. The van der Waals surface area contributed by atoms with Crippen LogP contribution in [-0.4, -0.2) is 51.3 Å². The number of benzene rings is 2. The molecule has 0 N–H and O–H groups in total. The van der Waals surface area contributed by atoms with Gasteiger partial charge < -0.3 is 4.74 Å². The fourth-order valence-electron chi connectivity index (χ4n) is 3.59. The summed E-state index contributed by atoms with van der Waals surface area (Å²) in [5, 5.41) is 12.7. The van der Waals surface area contributed by atoms with Gasteiger partial charge in [-0.25, -0.2) is 4.39 Å². The van der Waals surface area contributed by atoms with Gasteiger partial charge in [-0.3, -0.25) is 4.90 Å². The van der Waals surface area contributed by atoms with Crippen molar-refractivity contribution in [2.24, 2.45) is 0 Å². The number of morpholine rings is 1. The lowest BCUT2D eigenvalue weighted by molar-refractivity contribution is -0.0304. The second kappa shape index (κ2) is 9.71. The number of ether oxygens (including phenoxy) is 1. The number of unbranched alkanes of at least 4 members (excludes halogenated alkanes) is 2. The molecule has 1 aliphatic rings. The first-order chi connectivity index (χ1) is 14.3. The molecule has 0 bridgehead atoms. The number of hydrogen-bond acceptors (Lipinski definition) is 5. The van der Waals surface area contributed by atoms with E-state index >= 15 is 0 Å². The quantitative estimate of drug-likeness (QED) is 0.544. The number of hydrogen-bond donors (Lipinski definition) is 0. The summed E-state index contributed by atoms with van der Waals surface area (Å²) in [5.41, 5.74) is 2.03. The maximum absolute atomic E-state index is 13.1. The summed E-state index contributed by atoms with van der Waals surface area (Å²) in [5.74, 6) is 0.463. The summed E-state index contributed by atoms with van der Waals surface area (Å²) in [6.45, 7) is 4.34. The van der Waals surface area contributed by atoms with Crippen molar-refractivity contribution in [1.82, 2.24) is 25.1 Å². The summed E-state index contributed by atoms with van der Waals surface area (Å²) in [4.78, 5) is 4.11. The lowest BCUT2D eigenvalue weighted by Gasteiger charge is -2.33. The molecule has 29 heavy (non-hydrogen) atoms. The van der Waals surface area contributed by atoms with Gasteiger partial charge in [0, 0.05) is 18.7 Å². The minimum absolute atomic E-state index is 0.0279. The average molecular weight is 395 g/mol. The van der Waals surface area contributed by atoms with E-state index in [1.54, 1.807) is 4.80 Å². The molecule has 6 nitrogen and oxygen atoms in total.